The first kappa shape index (κ1) is 22.4. The zero-order valence-electron chi connectivity index (χ0n) is 19.6. The normalized spacial score (nSPS) is 40.5. The summed E-state index contributed by atoms with van der Waals surface area (Å²) < 4.78 is 0. The van der Waals surface area contributed by atoms with Crippen molar-refractivity contribution in [2.24, 2.45) is 40.9 Å². The molecule has 0 aromatic rings. The van der Waals surface area contributed by atoms with E-state index in [-0.39, 0.29) is 6.10 Å². The molecule has 0 aliphatic heterocycles. The molecule has 0 spiro atoms. The molecule has 2 fully saturated rings. The first-order valence-electron chi connectivity index (χ1n) is 12.7. The zero-order valence-corrected chi connectivity index (χ0v) is 19.6. The maximum atomic E-state index is 10.2. The monoisotopic (exact) mass is 388 g/mol. The summed E-state index contributed by atoms with van der Waals surface area (Å²) in [4.78, 5) is 0. The molecule has 0 bridgehead atoms. The number of fused-ring (bicyclic) bond motifs is 3. The molecule has 1 heteroatoms. The highest BCUT2D eigenvalue weighted by atomic mass is 16.3. The smallest absolute Gasteiger partial charge is 0.0577 e. The van der Waals surface area contributed by atoms with Crippen LogP contribution >= 0.6 is 0 Å². The molecule has 3 rings (SSSR count). The highest BCUT2D eigenvalue weighted by Gasteiger charge is 2.46. The van der Waals surface area contributed by atoms with Crippen LogP contribution in [0.25, 0.3) is 0 Å². The summed E-state index contributed by atoms with van der Waals surface area (Å²) in [7, 11) is 0. The van der Waals surface area contributed by atoms with Crippen molar-refractivity contribution in [3.05, 3.63) is 11.6 Å². The van der Waals surface area contributed by atoms with Gasteiger partial charge in [-0.1, -0.05) is 78.4 Å². The Hall–Kier alpha value is -0.300. The fourth-order valence-electron chi connectivity index (χ4n) is 7.27. The SMILES string of the molecule is CC(C)CCCC(C)[C@H]1CCC[C@@H]2CC=C3C[C@@H](O)CC[C@]3(C)C2CC[C@@H]1C. The first-order valence-corrected chi connectivity index (χ1v) is 12.7. The molecule has 3 aliphatic carbocycles. The number of hydrogen-bond donors (Lipinski definition) is 1. The lowest BCUT2D eigenvalue weighted by Crippen LogP contribution is -2.42. The standard InChI is InChI=1S/C27H48O/c1-19(2)8-6-9-20(3)25-11-7-10-22-13-14-23-18-24(28)16-17-27(23,5)26(22)15-12-21(25)4/h14,19-22,24-26,28H,6-13,15-18H2,1-5H3/t20?,21-,22+,24-,25+,26?,27-/m0/s1. The minimum absolute atomic E-state index is 0.0813. The molecule has 0 saturated heterocycles. The van der Waals surface area contributed by atoms with Gasteiger partial charge in [-0.2, -0.15) is 0 Å². The van der Waals surface area contributed by atoms with E-state index in [1.54, 1.807) is 5.57 Å². The number of rotatable bonds is 5. The van der Waals surface area contributed by atoms with Crippen LogP contribution in [-0.2, 0) is 0 Å². The summed E-state index contributed by atoms with van der Waals surface area (Å²) in [6.07, 6.45) is 18.4. The molecule has 0 aromatic heterocycles. The minimum Gasteiger partial charge on any atom is -0.393 e. The number of allylic oxidation sites excluding steroid dienone is 1. The van der Waals surface area contributed by atoms with E-state index in [0.717, 1.165) is 48.3 Å². The third kappa shape index (κ3) is 5.05. The predicted octanol–water partition coefficient (Wildman–Crippen LogP) is 7.78. The van der Waals surface area contributed by atoms with Gasteiger partial charge in [0.2, 0.25) is 0 Å². The van der Waals surface area contributed by atoms with Crippen LogP contribution in [0.4, 0.5) is 0 Å². The van der Waals surface area contributed by atoms with Gasteiger partial charge in [-0.3, -0.25) is 0 Å². The second-order valence-electron chi connectivity index (χ2n) is 11.6. The Morgan fingerprint density at radius 2 is 1.86 bits per heavy atom. The lowest BCUT2D eigenvalue weighted by atomic mass is 9.55. The van der Waals surface area contributed by atoms with Crippen LogP contribution in [-0.4, -0.2) is 11.2 Å². The van der Waals surface area contributed by atoms with Crippen LogP contribution in [0.1, 0.15) is 112 Å². The molecule has 0 heterocycles. The van der Waals surface area contributed by atoms with Crippen molar-refractivity contribution in [3.63, 3.8) is 0 Å². The average Bonchev–Trinajstić information content (AvgIpc) is 2.71. The van der Waals surface area contributed by atoms with Crippen LogP contribution in [0, 0.1) is 40.9 Å². The second kappa shape index (κ2) is 9.67. The van der Waals surface area contributed by atoms with E-state index in [2.05, 4.69) is 40.7 Å². The van der Waals surface area contributed by atoms with Gasteiger partial charge in [-0.25, -0.2) is 0 Å². The fourth-order valence-corrected chi connectivity index (χ4v) is 7.27. The van der Waals surface area contributed by atoms with Gasteiger partial charge in [0.25, 0.3) is 0 Å². The minimum atomic E-state index is -0.0813. The van der Waals surface area contributed by atoms with Gasteiger partial charge < -0.3 is 5.11 Å². The van der Waals surface area contributed by atoms with E-state index < -0.39 is 0 Å². The van der Waals surface area contributed by atoms with E-state index in [1.165, 1.54) is 64.2 Å². The molecule has 0 amide bonds. The van der Waals surface area contributed by atoms with Crippen molar-refractivity contribution >= 4 is 0 Å². The highest BCUT2D eigenvalue weighted by Crippen LogP contribution is 2.56. The maximum Gasteiger partial charge on any atom is 0.0577 e. The summed E-state index contributed by atoms with van der Waals surface area (Å²) in [5.41, 5.74) is 1.99. The fraction of sp³-hybridized carbons (Fsp3) is 0.926. The van der Waals surface area contributed by atoms with Gasteiger partial charge in [0, 0.05) is 0 Å². The number of aliphatic hydroxyl groups is 1. The van der Waals surface area contributed by atoms with Crippen LogP contribution in [0.5, 0.6) is 0 Å². The summed E-state index contributed by atoms with van der Waals surface area (Å²) >= 11 is 0. The van der Waals surface area contributed by atoms with Crippen molar-refractivity contribution in [2.45, 2.75) is 118 Å². The topological polar surface area (TPSA) is 20.2 Å². The largest absolute Gasteiger partial charge is 0.393 e. The summed E-state index contributed by atoms with van der Waals surface area (Å²) in [5, 5.41) is 10.2. The van der Waals surface area contributed by atoms with E-state index in [4.69, 9.17) is 0 Å². The van der Waals surface area contributed by atoms with Gasteiger partial charge in [0.1, 0.15) is 0 Å². The Balaban J connectivity index is 1.65. The van der Waals surface area contributed by atoms with Crippen LogP contribution in [0.15, 0.2) is 11.6 Å². The van der Waals surface area contributed by atoms with Crippen molar-refractivity contribution in [2.75, 3.05) is 0 Å². The van der Waals surface area contributed by atoms with Crippen molar-refractivity contribution < 1.29 is 5.11 Å². The molecule has 7 atom stereocenters. The molecule has 2 saturated carbocycles. The van der Waals surface area contributed by atoms with Gasteiger partial charge in [-0.05, 0) is 85.9 Å². The van der Waals surface area contributed by atoms with Crippen molar-refractivity contribution in [1.29, 1.82) is 0 Å². The zero-order chi connectivity index (χ0) is 20.3. The Morgan fingerprint density at radius 3 is 2.61 bits per heavy atom. The van der Waals surface area contributed by atoms with E-state index in [0.29, 0.717) is 5.41 Å². The highest BCUT2D eigenvalue weighted by molar-refractivity contribution is 5.23. The summed E-state index contributed by atoms with van der Waals surface area (Å²) in [6.45, 7) is 12.4. The Kier molecular flexibility index (Phi) is 7.73. The average molecular weight is 389 g/mol. The van der Waals surface area contributed by atoms with Gasteiger partial charge in [-0.15, -0.1) is 0 Å². The molecule has 0 aromatic carbocycles. The molecule has 3 aliphatic rings. The van der Waals surface area contributed by atoms with E-state index in [1.807, 2.05) is 0 Å². The van der Waals surface area contributed by atoms with Gasteiger partial charge in [0.05, 0.1) is 6.10 Å². The lowest BCUT2D eigenvalue weighted by Gasteiger charge is -2.50. The Bertz CT molecular complexity index is 520. The van der Waals surface area contributed by atoms with Crippen molar-refractivity contribution in [1.82, 2.24) is 0 Å². The second-order valence-corrected chi connectivity index (χ2v) is 11.6. The van der Waals surface area contributed by atoms with Gasteiger partial charge >= 0.3 is 0 Å². The molecular formula is C27H48O. The molecule has 28 heavy (non-hydrogen) atoms. The third-order valence-electron chi connectivity index (χ3n) is 9.19. The summed E-state index contributed by atoms with van der Waals surface area (Å²) in [5.74, 6) is 5.30. The van der Waals surface area contributed by atoms with Crippen LogP contribution in [0.2, 0.25) is 0 Å². The van der Waals surface area contributed by atoms with E-state index in [9.17, 15) is 5.11 Å². The first-order chi connectivity index (χ1) is 13.3. The van der Waals surface area contributed by atoms with Crippen LogP contribution in [0.3, 0.4) is 0 Å². The van der Waals surface area contributed by atoms with Crippen molar-refractivity contribution in [3.8, 4) is 0 Å². The summed E-state index contributed by atoms with van der Waals surface area (Å²) in [6, 6.07) is 0. The third-order valence-corrected chi connectivity index (χ3v) is 9.19. The van der Waals surface area contributed by atoms with E-state index >= 15 is 0 Å². The lowest BCUT2D eigenvalue weighted by molar-refractivity contribution is 0.0426. The molecule has 2 unspecified atom stereocenters. The quantitative estimate of drug-likeness (QED) is 0.477. The molecule has 1 nitrogen and oxygen atoms in total. The predicted molar refractivity (Wildman–Crippen MR) is 121 cm³/mol. The molecule has 1 N–H and O–H groups in total. The van der Waals surface area contributed by atoms with Gasteiger partial charge in [0.15, 0.2) is 0 Å². The maximum absolute atomic E-state index is 10.2. The van der Waals surface area contributed by atoms with Crippen LogP contribution < -0.4 is 0 Å². The Labute approximate surface area is 175 Å². The molecule has 0 radical (unpaired) electrons. The number of aliphatic hydroxyl groups excluding tert-OH is 1. The number of hydrogen-bond acceptors (Lipinski definition) is 1. The molecular weight excluding hydrogens is 340 g/mol. The molecule has 162 valence electrons. The Morgan fingerprint density at radius 1 is 1.07 bits per heavy atom.